The van der Waals surface area contributed by atoms with Crippen molar-refractivity contribution >= 4 is 23.5 Å². The number of likely N-dealkylation sites (tertiary alicyclic amines) is 1. The van der Waals surface area contributed by atoms with Crippen LogP contribution in [0.1, 0.15) is 46.7 Å². The molecule has 3 aliphatic rings. The molecule has 292 valence electrons. The van der Waals surface area contributed by atoms with Crippen molar-refractivity contribution in [1.29, 1.82) is 0 Å². The number of fused-ring (bicyclic) bond motifs is 1. The Morgan fingerprint density at radius 1 is 0.804 bits per heavy atom. The fourth-order valence-corrected chi connectivity index (χ4v) is 8.43. The Bertz CT molecular complexity index is 1960. The molecule has 3 amide bonds. The number of amides is 3. The van der Waals surface area contributed by atoms with Crippen molar-refractivity contribution in [3.8, 4) is 5.75 Å². The summed E-state index contributed by atoms with van der Waals surface area (Å²) in [5, 5.41) is 14.0. The lowest BCUT2D eigenvalue weighted by molar-refractivity contribution is -0.137. The van der Waals surface area contributed by atoms with E-state index in [1.54, 1.807) is 17.0 Å². The number of piperazine rings is 1. The molecule has 0 spiro atoms. The Morgan fingerprint density at radius 3 is 2.14 bits per heavy atom. The predicted octanol–water partition coefficient (Wildman–Crippen LogP) is 4.43. The molecule has 10 nitrogen and oxygen atoms in total. The normalized spacial score (nSPS) is 21.4. The van der Waals surface area contributed by atoms with Gasteiger partial charge in [-0.3, -0.25) is 19.2 Å². The zero-order valence-electron chi connectivity index (χ0n) is 32.1. The van der Waals surface area contributed by atoms with E-state index in [1.807, 2.05) is 109 Å². The maximum atomic E-state index is 14.1. The highest BCUT2D eigenvalue weighted by atomic mass is 16.5. The molecule has 0 radical (unpaired) electrons. The van der Waals surface area contributed by atoms with Crippen LogP contribution >= 0.6 is 0 Å². The number of aliphatic hydroxyl groups excluding tert-OH is 1. The second-order valence-corrected chi connectivity index (χ2v) is 15.6. The minimum atomic E-state index is -0.778. The molecule has 2 aliphatic heterocycles. The Kier molecular flexibility index (Phi) is 12.6. The van der Waals surface area contributed by atoms with Gasteiger partial charge >= 0.3 is 0 Å². The van der Waals surface area contributed by atoms with Crippen LogP contribution in [0.2, 0.25) is 0 Å². The largest absolute Gasteiger partial charge is 0.484 e. The van der Waals surface area contributed by atoms with Crippen LogP contribution in [-0.2, 0) is 44.9 Å². The number of benzene rings is 4. The van der Waals surface area contributed by atoms with Gasteiger partial charge in [-0.1, -0.05) is 97.1 Å². The van der Waals surface area contributed by atoms with E-state index in [4.69, 9.17) is 4.74 Å². The summed E-state index contributed by atoms with van der Waals surface area (Å²) in [4.78, 5) is 60.7. The molecular formula is C46H52N4O6. The highest BCUT2D eigenvalue weighted by Crippen LogP contribution is 2.33. The monoisotopic (exact) mass is 756 g/mol. The highest BCUT2D eigenvalue weighted by Gasteiger charge is 2.41. The molecule has 0 aromatic heterocycles. The van der Waals surface area contributed by atoms with E-state index in [0.29, 0.717) is 44.5 Å². The number of Topliss-reactive ketones (excluding diaryl/α,β-unsaturated/α-hetero) is 1. The molecule has 4 aromatic carbocycles. The number of hydrogen-bond donors (Lipinski definition) is 2. The number of likely N-dealkylation sites (N-methyl/N-ethyl adjacent to an activating group) is 1. The average Bonchev–Trinajstić information content (AvgIpc) is 3.68. The van der Waals surface area contributed by atoms with Crippen molar-refractivity contribution in [2.24, 2.45) is 11.8 Å². The van der Waals surface area contributed by atoms with Crippen LogP contribution in [0.4, 0.5) is 0 Å². The van der Waals surface area contributed by atoms with Gasteiger partial charge in [-0.25, -0.2) is 0 Å². The smallest absolute Gasteiger partial charge is 0.260 e. The molecule has 56 heavy (non-hydrogen) atoms. The zero-order chi connectivity index (χ0) is 39.0. The summed E-state index contributed by atoms with van der Waals surface area (Å²) in [6.07, 6.45) is 1.75. The van der Waals surface area contributed by atoms with Gasteiger partial charge in [0.2, 0.25) is 11.8 Å². The van der Waals surface area contributed by atoms with Crippen molar-refractivity contribution in [1.82, 2.24) is 20.0 Å². The van der Waals surface area contributed by atoms with Crippen LogP contribution < -0.4 is 10.1 Å². The first-order valence-corrected chi connectivity index (χ1v) is 19.8. The molecule has 2 heterocycles. The van der Waals surface area contributed by atoms with Gasteiger partial charge in [0, 0.05) is 56.9 Å². The van der Waals surface area contributed by atoms with Gasteiger partial charge in [-0.2, -0.15) is 0 Å². The first-order chi connectivity index (χ1) is 27.2. The van der Waals surface area contributed by atoms with E-state index < -0.39 is 18.1 Å². The number of rotatable bonds is 15. The number of aliphatic hydroxyl groups is 1. The van der Waals surface area contributed by atoms with Gasteiger partial charge < -0.3 is 29.9 Å². The number of nitrogens with one attached hydrogen (secondary N) is 1. The minimum absolute atomic E-state index is 0.0310. The number of nitrogens with zero attached hydrogens (tertiary/aromatic N) is 3. The van der Waals surface area contributed by atoms with Gasteiger partial charge in [-0.05, 0) is 72.7 Å². The topological polar surface area (TPSA) is 119 Å². The van der Waals surface area contributed by atoms with E-state index in [9.17, 15) is 24.3 Å². The third kappa shape index (κ3) is 9.72. The average molecular weight is 757 g/mol. The molecule has 1 aliphatic carbocycles. The third-order valence-electron chi connectivity index (χ3n) is 11.6. The second-order valence-electron chi connectivity index (χ2n) is 15.6. The molecular weight excluding hydrogens is 705 g/mol. The summed E-state index contributed by atoms with van der Waals surface area (Å²) in [7, 11) is 2.04. The summed E-state index contributed by atoms with van der Waals surface area (Å²) in [6, 6.07) is 34.2. The molecule has 0 bridgehead atoms. The van der Waals surface area contributed by atoms with Crippen molar-refractivity contribution in [3.05, 3.63) is 137 Å². The lowest BCUT2D eigenvalue weighted by Gasteiger charge is -2.32. The van der Waals surface area contributed by atoms with Crippen LogP contribution in [0.15, 0.2) is 109 Å². The molecule has 0 saturated carbocycles. The second kappa shape index (κ2) is 18.1. The molecule has 2 saturated heterocycles. The SMILES string of the molecule is CN1CCN(C(=O)COc2ccc(C[C@H](CC(=O)CN3C(=O)[C@@H](Cc4ccccc4)C[C@@H]3Cc3ccccc3)C(=O)NC3c4ccccc4C[C@H]3O)cc2)CC1. The minimum Gasteiger partial charge on any atom is -0.484 e. The van der Waals surface area contributed by atoms with Crippen LogP contribution in [0.25, 0.3) is 0 Å². The number of ketones is 1. The van der Waals surface area contributed by atoms with Crippen molar-refractivity contribution in [2.75, 3.05) is 46.4 Å². The van der Waals surface area contributed by atoms with E-state index in [0.717, 1.165) is 40.9 Å². The Hall–Kier alpha value is -5.32. The lowest BCUT2D eigenvalue weighted by atomic mass is 9.92. The first-order valence-electron chi connectivity index (χ1n) is 19.8. The van der Waals surface area contributed by atoms with Crippen LogP contribution in [0.5, 0.6) is 5.75 Å². The van der Waals surface area contributed by atoms with Gasteiger partial charge in [0.15, 0.2) is 12.4 Å². The molecule has 2 N–H and O–H groups in total. The van der Waals surface area contributed by atoms with Crippen molar-refractivity contribution in [3.63, 3.8) is 0 Å². The number of carbonyl (C=O) groups excluding carboxylic acids is 4. The van der Waals surface area contributed by atoms with Crippen LogP contribution in [-0.4, -0.2) is 102 Å². The predicted molar refractivity (Wildman–Crippen MR) is 214 cm³/mol. The highest BCUT2D eigenvalue weighted by molar-refractivity contribution is 5.92. The van der Waals surface area contributed by atoms with Crippen LogP contribution in [0.3, 0.4) is 0 Å². The zero-order valence-corrected chi connectivity index (χ0v) is 32.1. The molecule has 5 atom stereocenters. The summed E-state index contributed by atoms with van der Waals surface area (Å²) in [5.74, 6) is -1.04. The molecule has 10 heteroatoms. The summed E-state index contributed by atoms with van der Waals surface area (Å²) < 4.78 is 5.83. The maximum Gasteiger partial charge on any atom is 0.260 e. The fraction of sp³-hybridized carbons (Fsp3) is 0.391. The van der Waals surface area contributed by atoms with E-state index in [-0.39, 0.29) is 61.5 Å². The van der Waals surface area contributed by atoms with E-state index >= 15 is 0 Å². The maximum absolute atomic E-state index is 14.1. The fourth-order valence-electron chi connectivity index (χ4n) is 8.43. The Morgan fingerprint density at radius 2 is 1.45 bits per heavy atom. The number of hydrogen-bond acceptors (Lipinski definition) is 7. The standard InChI is InChI=1S/C46H52N4O6/c1-48-20-22-49(23-21-48)43(53)31-56-40-18-16-34(17-19-40)24-36(45(54)47-44-41-15-9-8-14-35(41)29-42(44)52)28-39(51)30-50-38(26-33-12-6-3-7-13-33)27-37(46(50)55)25-32-10-4-2-5-11-32/h2-19,36-38,42,44,52H,20-31H2,1H3,(H,47,54)/t36-,37+,38+,42-,44?/m1/s1. The van der Waals surface area contributed by atoms with Gasteiger partial charge in [0.1, 0.15) is 5.75 Å². The van der Waals surface area contributed by atoms with E-state index in [1.165, 1.54) is 0 Å². The van der Waals surface area contributed by atoms with Crippen molar-refractivity contribution < 1.29 is 29.0 Å². The Labute approximate surface area is 329 Å². The van der Waals surface area contributed by atoms with Gasteiger partial charge in [0.25, 0.3) is 5.91 Å². The van der Waals surface area contributed by atoms with Gasteiger partial charge in [0.05, 0.1) is 18.7 Å². The summed E-state index contributed by atoms with van der Waals surface area (Å²) >= 11 is 0. The molecule has 7 rings (SSSR count). The number of ether oxygens (including phenoxy) is 1. The lowest BCUT2D eigenvalue weighted by Crippen LogP contribution is -2.48. The summed E-state index contributed by atoms with van der Waals surface area (Å²) in [5.41, 5.74) is 4.88. The van der Waals surface area contributed by atoms with E-state index in [2.05, 4.69) is 10.2 Å². The van der Waals surface area contributed by atoms with Gasteiger partial charge in [-0.15, -0.1) is 0 Å². The van der Waals surface area contributed by atoms with Crippen molar-refractivity contribution in [2.45, 2.75) is 56.7 Å². The summed E-state index contributed by atoms with van der Waals surface area (Å²) in [6.45, 7) is 2.89. The third-order valence-corrected chi connectivity index (χ3v) is 11.6. The quantitative estimate of drug-likeness (QED) is 0.184. The van der Waals surface area contributed by atoms with Crippen LogP contribution in [0, 0.1) is 11.8 Å². The molecule has 2 fully saturated rings. The molecule has 1 unspecified atom stereocenters. The molecule has 4 aromatic rings. The first kappa shape index (κ1) is 38.9. The number of carbonyl (C=O) groups is 4. The Balaban J connectivity index is 1.05.